The summed E-state index contributed by atoms with van der Waals surface area (Å²) in [5.41, 5.74) is 2.52. The van der Waals surface area contributed by atoms with Gasteiger partial charge in [0, 0.05) is 37.2 Å². The van der Waals surface area contributed by atoms with E-state index < -0.39 is 0 Å². The molecule has 2 aromatic rings. The fraction of sp³-hybridized carbons (Fsp3) is 0.235. The van der Waals surface area contributed by atoms with Crippen molar-refractivity contribution in [1.82, 2.24) is 4.98 Å². The Kier molecular flexibility index (Phi) is 5.68. The van der Waals surface area contributed by atoms with Crippen molar-refractivity contribution in [3.8, 4) is 0 Å². The molecule has 0 aliphatic carbocycles. The summed E-state index contributed by atoms with van der Waals surface area (Å²) < 4.78 is 0. The summed E-state index contributed by atoms with van der Waals surface area (Å²) in [6.45, 7) is 4.33. The molecular formula is C17H20N4O2. The third-order valence-corrected chi connectivity index (χ3v) is 3.02. The van der Waals surface area contributed by atoms with Gasteiger partial charge < -0.3 is 16.0 Å². The van der Waals surface area contributed by atoms with E-state index in [4.69, 9.17) is 0 Å². The van der Waals surface area contributed by atoms with Crippen LogP contribution in [-0.2, 0) is 4.79 Å². The molecule has 0 fully saturated rings. The number of hydrogen-bond donors (Lipinski definition) is 3. The Morgan fingerprint density at radius 2 is 1.78 bits per heavy atom. The highest BCUT2D eigenvalue weighted by atomic mass is 16.2. The summed E-state index contributed by atoms with van der Waals surface area (Å²) in [5.74, 6) is -0.412. The van der Waals surface area contributed by atoms with Crippen LogP contribution in [0.5, 0.6) is 0 Å². The predicted octanol–water partition coefficient (Wildman–Crippen LogP) is 3.11. The summed E-state index contributed by atoms with van der Waals surface area (Å²) in [6, 6.07) is 8.74. The first kappa shape index (κ1) is 16.5. The van der Waals surface area contributed by atoms with Gasteiger partial charge >= 0.3 is 0 Å². The summed E-state index contributed by atoms with van der Waals surface area (Å²) in [5, 5.41) is 8.67. The molecule has 0 saturated carbocycles. The van der Waals surface area contributed by atoms with E-state index in [0.717, 1.165) is 18.7 Å². The smallest absolute Gasteiger partial charge is 0.257 e. The fourth-order valence-electron chi connectivity index (χ4n) is 2.01. The summed E-state index contributed by atoms with van der Waals surface area (Å²) in [4.78, 5) is 27.5. The number of carbonyl (C=O) groups excluding carboxylic acids is 2. The van der Waals surface area contributed by atoms with Gasteiger partial charge in [0.2, 0.25) is 5.91 Å². The molecule has 2 rings (SSSR count). The van der Waals surface area contributed by atoms with Gasteiger partial charge in [-0.2, -0.15) is 0 Å². The molecule has 1 heterocycles. The Balaban J connectivity index is 2.08. The molecule has 0 unspecified atom stereocenters. The van der Waals surface area contributed by atoms with E-state index in [9.17, 15) is 9.59 Å². The van der Waals surface area contributed by atoms with Crippen LogP contribution < -0.4 is 16.0 Å². The molecule has 1 aromatic heterocycles. The van der Waals surface area contributed by atoms with Crippen LogP contribution >= 0.6 is 0 Å². The highest BCUT2D eigenvalue weighted by Gasteiger charge is 2.08. The number of carbonyl (C=O) groups is 2. The molecule has 6 nitrogen and oxygen atoms in total. The zero-order valence-corrected chi connectivity index (χ0v) is 13.2. The summed E-state index contributed by atoms with van der Waals surface area (Å²) in [7, 11) is 0. The number of nitrogens with one attached hydrogen (secondary N) is 3. The Hall–Kier alpha value is -2.89. The predicted molar refractivity (Wildman–Crippen MR) is 91.7 cm³/mol. The Bertz CT molecular complexity index is 700. The van der Waals surface area contributed by atoms with E-state index in [-0.39, 0.29) is 11.8 Å². The lowest BCUT2D eigenvalue weighted by Gasteiger charge is -2.09. The van der Waals surface area contributed by atoms with Crippen molar-refractivity contribution in [1.29, 1.82) is 0 Å². The maximum absolute atomic E-state index is 12.3. The molecule has 0 radical (unpaired) electrons. The van der Waals surface area contributed by atoms with Crippen molar-refractivity contribution in [2.75, 3.05) is 22.5 Å². The van der Waals surface area contributed by atoms with Crippen LogP contribution in [0.1, 0.15) is 30.6 Å². The summed E-state index contributed by atoms with van der Waals surface area (Å²) in [6.07, 6.45) is 4.19. The second-order valence-electron chi connectivity index (χ2n) is 5.11. The molecule has 1 aromatic carbocycles. The standard InChI is InChI=1S/C17H20N4O2/c1-3-7-19-16-8-13(10-18-11-16)17(23)21-15-6-4-5-14(9-15)20-12(2)22/h4-6,8-11,19H,3,7H2,1-2H3,(H,20,22)(H,21,23). The molecule has 3 N–H and O–H groups in total. The third kappa shape index (κ3) is 5.10. The van der Waals surface area contributed by atoms with Crippen molar-refractivity contribution >= 4 is 28.9 Å². The van der Waals surface area contributed by atoms with Crippen LogP contribution in [0.25, 0.3) is 0 Å². The minimum atomic E-state index is -0.252. The molecule has 0 atom stereocenters. The quantitative estimate of drug-likeness (QED) is 0.765. The topological polar surface area (TPSA) is 83.1 Å². The normalized spacial score (nSPS) is 10.0. The minimum Gasteiger partial charge on any atom is -0.384 e. The number of pyridine rings is 1. The lowest BCUT2D eigenvalue weighted by Crippen LogP contribution is -2.13. The van der Waals surface area contributed by atoms with E-state index in [1.807, 2.05) is 0 Å². The SMILES string of the molecule is CCCNc1cncc(C(=O)Nc2cccc(NC(C)=O)c2)c1. The molecule has 0 aliphatic heterocycles. The number of amides is 2. The van der Waals surface area contributed by atoms with Crippen LogP contribution in [0.15, 0.2) is 42.7 Å². The largest absolute Gasteiger partial charge is 0.384 e. The monoisotopic (exact) mass is 312 g/mol. The molecule has 0 saturated heterocycles. The van der Waals surface area contributed by atoms with Gasteiger partial charge in [0.15, 0.2) is 0 Å². The van der Waals surface area contributed by atoms with Gasteiger partial charge in [0.05, 0.1) is 11.3 Å². The molecule has 6 heteroatoms. The number of benzene rings is 1. The number of aromatic nitrogens is 1. The van der Waals surface area contributed by atoms with E-state index >= 15 is 0 Å². The molecule has 120 valence electrons. The molecule has 23 heavy (non-hydrogen) atoms. The molecule has 0 aliphatic rings. The lowest BCUT2D eigenvalue weighted by atomic mass is 10.2. The first-order chi connectivity index (χ1) is 11.1. The van der Waals surface area contributed by atoms with E-state index in [0.29, 0.717) is 16.9 Å². The summed E-state index contributed by atoms with van der Waals surface area (Å²) >= 11 is 0. The van der Waals surface area contributed by atoms with Gasteiger partial charge in [-0.1, -0.05) is 13.0 Å². The Morgan fingerprint density at radius 1 is 1.04 bits per heavy atom. The van der Waals surface area contributed by atoms with Crippen LogP contribution in [0, 0.1) is 0 Å². The highest BCUT2D eigenvalue weighted by molar-refractivity contribution is 6.05. The van der Waals surface area contributed by atoms with Gasteiger partial charge in [-0.15, -0.1) is 0 Å². The van der Waals surface area contributed by atoms with Crippen molar-refractivity contribution in [2.24, 2.45) is 0 Å². The number of anilines is 3. The van der Waals surface area contributed by atoms with Gasteiger partial charge in [-0.05, 0) is 30.7 Å². The minimum absolute atomic E-state index is 0.160. The first-order valence-corrected chi connectivity index (χ1v) is 7.46. The lowest BCUT2D eigenvalue weighted by molar-refractivity contribution is -0.114. The average Bonchev–Trinajstić information content (AvgIpc) is 2.53. The van der Waals surface area contributed by atoms with Gasteiger partial charge in [-0.25, -0.2) is 0 Å². The van der Waals surface area contributed by atoms with Gasteiger partial charge in [0.25, 0.3) is 5.91 Å². The number of nitrogens with zero attached hydrogens (tertiary/aromatic N) is 1. The van der Waals surface area contributed by atoms with E-state index in [1.165, 1.54) is 13.1 Å². The number of hydrogen-bond acceptors (Lipinski definition) is 4. The molecule has 0 spiro atoms. The fourth-order valence-corrected chi connectivity index (χ4v) is 2.01. The maximum Gasteiger partial charge on any atom is 0.257 e. The zero-order valence-electron chi connectivity index (χ0n) is 13.2. The molecular weight excluding hydrogens is 292 g/mol. The van der Waals surface area contributed by atoms with Crippen molar-refractivity contribution in [3.63, 3.8) is 0 Å². The van der Waals surface area contributed by atoms with Crippen molar-refractivity contribution in [3.05, 3.63) is 48.3 Å². The number of rotatable bonds is 6. The average molecular weight is 312 g/mol. The van der Waals surface area contributed by atoms with Crippen LogP contribution in [-0.4, -0.2) is 23.3 Å². The molecule has 0 bridgehead atoms. The van der Waals surface area contributed by atoms with Gasteiger partial charge in [-0.3, -0.25) is 14.6 Å². The van der Waals surface area contributed by atoms with Gasteiger partial charge in [0.1, 0.15) is 0 Å². The van der Waals surface area contributed by atoms with E-state index in [2.05, 4.69) is 27.9 Å². The molecule has 2 amide bonds. The zero-order chi connectivity index (χ0) is 16.7. The van der Waals surface area contributed by atoms with Crippen molar-refractivity contribution < 1.29 is 9.59 Å². The van der Waals surface area contributed by atoms with Crippen molar-refractivity contribution in [2.45, 2.75) is 20.3 Å². The third-order valence-electron chi connectivity index (χ3n) is 3.02. The Morgan fingerprint density at radius 3 is 2.48 bits per heavy atom. The van der Waals surface area contributed by atoms with Crippen LogP contribution in [0.3, 0.4) is 0 Å². The Labute approximate surface area is 135 Å². The van der Waals surface area contributed by atoms with Crippen LogP contribution in [0.2, 0.25) is 0 Å². The van der Waals surface area contributed by atoms with Crippen LogP contribution in [0.4, 0.5) is 17.1 Å². The van der Waals surface area contributed by atoms with E-state index in [1.54, 1.807) is 36.5 Å². The second kappa shape index (κ2) is 7.93. The maximum atomic E-state index is 12.3. The first-order valence-electron chi connectivity index (χ1n) is 7.46. The second-order valence-corrected chi connectivity index (χ2v) is 5.11. The highest BCUT2D eigenvalue weighted by Crippen LogP contribution is 2.17.